The Morgan fingerprint density at radius 3 is 2.78 bits per heavy atom. The highest BCUT2D eigenvalue weighted by Crippen LogP contribution is 2.31. The topological polar surface area (TPSA) is 59.6 Å². The summed E-state index contributed by atoms with van der Waals surface area (Å²) >= 11 is 6.26. The largest absolute Gasteiger partial charge is 0.489 e. The molecular weight excluding hydrogens is 339 g/mol. The molecule has 0 radical (unpaired) electrons. The number of amides is 1. The van der Waals surface area contributed by atoms with E-state index in [1.165, 1.54) is 12.8 Å². The van der Waals surface area contributed by atoms with Crippen molar-refractivity contribution in [2.24, 2.45) is 0 Å². The van der Waals surface area contributed by atoms with Crippen molar-refractivity contribution in [3.8, 4) is 5.75 Å². The lowest BCUT2D eigenvalue weighted by Crippen LogP contribution is -2.48. The van der Waals surface area contributed by atoms with Crippen LogP contribution >= 0.6 is 24.0 Å². The highest BCUT2D eigenvalue weighted by molar-refractivity contribution is 6.32. The van der Waals surface area contributed by atoms with Gasteiger partial charge in [-0.1, -0.05) is 11.6 Å². The quantitative estimate of drug-likeness (QED) is 0.866. The number of nitrogens with one attached hydrogen (secondary N) is 2. The van der Waals surface area contributed by atoms with Gasteiger partial charge < -0.3 is 20.1 Å². The van der Waals surface area contributed by atoms with E-state index in [9.17, 15) is 4.79 Å². The summed E-state index contributed by atoms with van der Waals surface area (Å²) in [7, 11) is 0. The van der Waals surface area contributed by atoms with E-state index in [0.717, 1.165) is 12.8 Å². The van der Waals surface area contributed by atoms with Crippen LogP contribution in [-0.2, 0) is 9.53 Å². The maximum Gasteiger partial charge on any atom is 0.243 e. The van der Waals surface area contributed by atoms with Crippen molar-refractivity contribution in [1.82, 2.24) is 5.32 Å². The van der Waals surface area contributed by atoms with Crippen LogP contribution in [0.15, 0.2) is 18.2 Å². The van der Waals surface area contributed by atoms with Crippen molar-refractivity contribution in [1.29, 1.82) is 0 Å². The second-order valence-electron chi connectivity index (χ2n) is 5.74. The third-order valence-electron chi connectivity index (χ3n) is 4.03. The number of hydrogen-bond acceptors (Lipinski definition) is 4. The summed E-state index contributed by atoms with van der Waals surface area (Å²) in [5, 5.41) is 6.50. The Labute approximate surface area is 147 Å². The van der Waals surface area contributed by atoms with Gasteiger partial charge in [-0.2, -0.15) is 0 Å². The summed E-state index contributed by atoms with van der Waals surface area (Å²) in [5.41, 5.74) is 0.668. The van der Waals surface area contributed by atoms with E-state index >= 15 is 0 Å². The lowest BCUT2D eigenvalue weighted by atomic mass is 10.2. The lowest BCUT2D eigenvalue weighted by molar-refractivity contribution is -0.120. The number of halogens is 2. The number of carbonyl (C=O) groups is 1. The molecule has 1 aliphatic carbocycles. The fourth-order valence-corrected chi connectivity index (χ4v) is 3.05. The summed E-state index contributed by atoms with van der Waals surface area (Å²) in [5.74, 6) is 0.575. The second kappa shape index (κ2) is 8.73. The third-order valence-corrected chi connectivity index (χ3v) is 4.33. The molecule has 1 saturated heterocycles. The maximum atomic E-state index is 12.1. The van der Waals surface area contributed by atoms with Gasteiger partial charge in [0.15, 0.2) is 0 Å². The normalized spacial score (nSPS) is 21.5. The summed E-state index contributed by atoms with van der Waals surface area (Å²) in [6.07, 6.45) is 4.87. The van der Waals surface area contributed by atoms with Crippen molar-refractivity contribution in [2.45, 2.75) is 37.8 Å². The van der Waals surface area contributed by atoms with Gasteiger partial charge in [-0.15, -0.1) is 12.4 Å². The molecule has 1 aliphatic heterocycles. The molecule has 1 amide bonds. The Morgan fingerprint density at radius 2 is 2.13 bits per heavy atom. The molecule has 1 aromatic carbocycles. The van der Waals surface area contributed by atoms with E-state index in [0.29, 0.717) is 36.2 Å². The van der Waals surface area contributed by atoms with Crippen LogP contribution in [0.3, 0.4) is 0 Å². The van der Waals surface area contributed by atoms with Gasteiger partial charge in [0.1, 0.15) is 11.8 Å². The fraction of sp³-hybridized carbons (Fsp3) is 0.562. The Balaban J connectivity index is 0.00000192. The molecule has 7 heteroatoms. The van der Waals surface area contributed by atoms with Crippen LogP contribution in [0.5, 0.6) is 5.75 Å². The molecule has 128 valence electrons. The number of hydrogen-bond donors (Lipinski definition) is 2. The van der Waals surface area contributed by atoms with Crippen LogP contribution in [-0.4, -0.2) is 37.8 Å². The van der Waals surface area contributed by atoms with Crippen molar-refractivity contribution >= 4 is 35.6 Å². The molecule has 0 aromatic heterocycles. The zero-order valence-corrected chi connectivity index (χ0v) is 14.4. The first-order chi connectivity index (χ1) is 10.7. The van der Waals surface area contributed by atoms with Gasteiger partial charge in [0, 0.05) is 12.2 Å². The van der Waals surface area contributed by atoms with Crippen LogP contribution in [0, 0.1) is 0 Å². The van der Waals surface area contributed by atoms with E-state index in [-0.39, 0.29) is 30.5 Å². The summed E-state index contributed by atoms with van der Waals surface area (Å²) in [6.45, 7) is 1.72. The molecule has 0 bridgehead atoms. The van der Waals surface area contributed by atoms with Crippen molar-refractivity contribution in [3.63, 3.8) is 0 Å². The van der Waals surface area contributed by atoms with Gasteiger partial charge in [0.05, 0.1) is 24.3 Å². The van der Waals surface area contributed by atoms with E-state index < -0.39 is 0 Å². The molecule has 2 aliphatic rings. The van der Waals surface area contributed by atoms with Crippen LogP contribution in [0.25, 0.3) is 0 Å². The molecule has 1 unspecified atom stereocenters. The van der Waals surface area contributed by atoms with E-state index in [4.69, 9.17) is 21.1 Å². The monoisotopic (exact) mass is 360 g/mol. The summed E-state index contributed by atoms with van der Waals surface area (Å²) < 4.78 is 11.2. The molecule has 5 nitrogen and oxygen atoms in total. The highest BCUT2D eigenvalue weighted by Gasteiger charge is 2.22. The van der Waals surface area contributed by atoms with Crippen LogP contribution in [0.1, 0.15) is 25.7 Å². The molecule has 0 spiro atoms. The molecular formula is C16H22Cl2N2O3. The Bertz CT molecular complexity index is 530. The zero-order chi connectivity index (χ0) is 15.4. The molecule has 1 heterocycles. The number of rotatable bonds is 4. The minimum absolute atomic E-state index is 0. The number of carbonyl (C=O) groups excluding carboxylic acids is 1. The minimum atomic E-state index is -0.318. The van der Waals surface area contributed by atoms with Gasteiger partial charge in [-0.25, -0.2) is 0 Å². The number of anilines is 1. The van der Waals surface area contributed by atoms with Crippen LogP contribution in [0.4, 0.5) is 5.69 Å². The molecule has 1 atom stereocenters. The first-order valence-corrected chi connectivity index (χ1v) is 8.18. The van der Waals surface area contributed by atoms with Crippen molar-refractivity contribution in [3.05, 3.63) is 23.2 Å². The van der Waals surface area contributed by atoms with E-state index in [1.54, 1.807) is 6.07 Å². The maximum absolute atomic E-state index is 12.1. The SMILES string of the molecule is Cl.O=C(Nc1ccc(OC2CCCC2)c(Cl)c1)C1COCCN1. The highest BCUT2D eigenvalue weighted by atomic mass is 35.5. The van der Waals surface area contributed by atoms with Crippen LogP contribution in [0.2, 0.25) is 5.02 Å². The lowest BCUT2D eigenvalue weighted by Gasteiger charge is -2.23. The van der Waals surface area contributed by atoms with Gasteiger partial charge in [-0.3, -0.25) is 4.79 Å². The average molecular weight is 361 g/mol. The predicted octanol–water partition coefficient (Wildman–Crippen LogP) is 3.01. The van der Waals surface area contributed by atoms with Gasteiger partial charge in [0.25, 0.3) is 0 Å². The first-order valence-electron chi connectivity index (χ1n) is 7.80. The first kappa shape index (κ1) is 18.3. The van der Waals surface area contributed by atoms with Crippen molar-refractivity contribution < 1.29 is 14.3 Å². The van der Waals surface area contributed by atoms with Gasteiger partial charge >= 0.3 is 0 Å². The molecule has 2 N–H and O–H groups in total. The standard InChI is InChI=1S/C16H21ClN2O3.ClH/c17-13-9-11(19-16(20)14-10-21-8-7-18-14)5-6-15(13)22-12-3-1-2-4-12;/h5-6,9,12,14,18H,1-4,7-8,10H2,(H,19,20);1H. The van der Waals surface area contributed by atoms with Crippen molar-refractivity contribution in [2.75, 3.05) is 25.1 Å². The second-order valence-corrected chi connectivity index (χ2v) is 6.15. The van der Waals surface area contributed by atoms with Gasteiger partial charge in [0.2, 0.25) is 5.91 Å². The third kappa shape index (κ3) is 4.98. The number of benzene rings is 1. The molecule has 1 saturated carbocycles. The van der Waals surface area contributed by atoms with Gasteiger partial charge in [-0.05, 0) is 43.9 Å². The number of ether oxygens (including phenoxy) is 2. The Hall–Kier alpha value is -1.01. The predicted molar refractivity (Wildman–Crippen MR) is 92.8 cm³/mol. The average Bonchev–Trinajstić information content (AvgIpc) is 3.04. The Morgan fingerprint density at radius 1 is 1.35 bits per heavy atom. The smallest absolute Gasteiger partial charge is 0.243 e. The molecule has 1 aromatic rings. The summed E-state index contributed by atoms with van der Waals surface area (Å²) in [4.78, 5) is 12.1. The Kier molecular flexibility index (Phi) is 6.96. The van der Waals surface area contributed by atoms with E-state index in [2.05, 4.69) is 10.6 Å². The molecule has 23 heavy (non-hydrogen) atoms. The zero-order valence-electron chi connectivity index (χ0n) is 12.8. The van der Waals surface area contributed by atoms with E-state index in [1.807, 2.05) is 12.1 Å². The fourth-order valence-electron chi connectivity index (χ4n) is 2.82. The molecule has 3 rings (SSSR count). The minimum Gasteiger partial charge on any atom is -0.489 e. The van der Waals surface area contributed by atoms with Crippen LogP contribution < -0.4 is 15.4 Å². The number of morpholine rings is 1. The summed E-state index contributed by atoms with van der Waals surface area (Å²) in [6, 6.07) is 5.05. The molecule has 2 fully saturated rings.